The van der Waals surface area contributed by atoms with E-state index in [4.69, 9.17) is 32.7 Å². The number of carbonyl (C=O) groups is 2. The Bertz CT molecular complexity index is 773. The molecule has 1 atom stereocenters. The maximum atomic E-state index is 12.6. The lowest BCUT2D eigenvalue weighted by atomic mass is 10.0. The molecule has 0 aliphatic carbocycles. The van der Waals surface area contributed by atoms with E-state index < -0.39 is 17.9 Å². The molecule has 0 saturated heterocycles. The van der Waals surface area contributed by atoms with Crippen LogP contribution in [0.1, 0.15) is 29.3 Å². The zero-order chi connectivity index (χ0) is 19.8. The summed E-state index contributed by atoms with van der Waals surface area (Å²) in [6.45, 7) is 2.67. The van der Waals surface area contributed by atoms with Crippen molar-refractivity contribution in [1.82, 2.24) is 5.32 Å². The number of benzene rings is 2. The third-order valence-electron chi connectivity index (χ3n) is 3.82. The fraction of sp³-hybridized carbons (Fsp3) is 0.300. The van der Waals surface area contributed by atoms with Gasteiger partial charge in [-0.1, -0.05) is 48.3 Å². The van der Waals surface area contributed by atoms with Gasteiger partial charge in [0.15, 0.2) is 0 Å². The monoisotopic (exact) mass is 409 g/mol. The molecule has 144 valence electrons. The van der Waals surface area contributed by atoms with Crippen LogP contribution in [0.3, 0.4) is 0 Å². The quantitative estimate of drug-likeness (QED) is 0.660. The fourth-order valence-electron chi connectivity index (χ4n) is 2.46. The number of methoxy groups -OCH3 is 1. The molecule has 2 aromatic rings. The second-order valence-corrected chi connectivity index (χ2v) is 6.66. The Balaban J connectivity index is 2.13. The molecule has 0 aliphatic rings. The predicted molar refractivity (Wildman–Crippen MR) is 106 cm³/mol. The van der Waals surface area contributed by atoms with Crippen molar-refractivity contribution in [2.75, 3.05) is 13.7 Å². The Kier molecular flexibility index (Phi) is 7.95. The van der Waals surface area contributed by atoms with Crippen LogP contribution in [0, 0.1) is 0 Å². The van der Waals surface area contributed by atoms with E-state index in [1.165, 1.54) is 7.11 Å². The second kappa shape index (κ2) is 10.2. The molecule has 0 saturated carbocycles. The van der Waals surface area contributed by atoms with Gasteiger partial charge in [0.1, 0.15) is 11.8 Å². The van der Waals surface area contributed by atoms with Crippen LogP contribution in [-0.4, -0.2) is 31.6 Å². The van der Waals surface area contributed by atoms with Gasteiger partial charge in [0.25, 0.3) is 5.91 Å². The minimum atomic E-state index is -0.878. The molecule has 27 heavy (non-hydrogen) atoms. The van der Waals surface area contributed by atoms with Crippen molar-refractivity contribution < 1.29 is 19.1 Å². The minimum Gasteiger partial charge on any atom is -0.494 e. The Hall–Kier alpha value is -2.24. The van der Waals surface area contributed by atoms with Gasteiger partial charge < -0.3 is 14.8 Å². The lowest BCUT2D eigenvalue weighted by Crippen LogP contribution is -2.43. The normalized spacial score (nSPS) is 11.6. The number of ether oxygens (including phenoxy) is 2. The van der Waals surface area contributed by atoms with Crippen molar-refractivity contribution in [2.24, 2.45) is 0 Å². The highest BCUT2D eigenvalue weighted by molar-refractivity contribution is 6.39. The first-order valence-corrected chi connectivity index (χ1v) is 9.26. The highest BCUT2D eigenvalue weighted by atomic mass is 35.5. The van der Waals surface area contributed by atoms with Crippen molar-refractivity contribution in [1.29, 1.82) is 0 Å². The molecule has 5 nitrogen and oxygen atoms in total. The predicted octanol–water partition coefficient (Wildman–Crippen LogP) is 4.30. The molecule has 2 aromatic carbocycles. The van der Waals surface area contributed by atoms with Gasteiger partial charge in [-0.25, -0.2) is 4.79 Å². The average molecular weight is 410 g/mol. The van der Waals surface area contributed by atoms with Crippen LogP contribution in [0.2, 0.25) is 10.0 Å². The summed E-state index contributed by atoms with van der Waals surface area (Å²) in [7, 11) is 1.27. The number of rotatable bonds is 8. The van der Waals surface area contributed by atoms with Crippen molar-refractivity contribution in [3.05, 3.63) is 63.6 Å². The molecule has 0 fully saturated rings. The van der Waals surface area contributed by atoms with E-state index in [0.717, 1.165) is 17.7 Å². The molecule has 0 aliphatic heterocycles. The van der Waals surface area contributed by atoms with Crippen LogP contribution < -0.4 is 10.1 Å². The molecule has 0 spiro atoms. The zero-order valence-electron chi connectivity index (χ0n) is 15.1. The van der Waals surface area contributed by atoms with Gasteiger partial charge in [0, 0.05) is 6.42 Å². The molecular weight excluding hydrogens is 389 g/mol. The molecule has 1 amide bonds. The summed E-state index contributed by atoms with van der Waals surface area (Å²) in [6, 6.07) is 11.2. The van der Waals surface area contributed by atoms with E-state index >= 15 is 0 Å². The molecule has 0 unspecified atom stereocenters. The largest absolute Gasteiger partial charge is 0.494 e. The maximum Gasteiger partial charge on any atom is 0.328 e. The van der Waals surface area contributed by atoms with Crippen molar-refractivity contribution in [3.8, 4) is 5.75 Å². The van der Waals surface area contributed by atoms with E-state index in [1.54, 1.807) is 18.2 Å². The summed E-state index contributed by atoms with van der Waals surface area (Å²) in [4.78, 5) is 24.7. The molecule has 7 heteroatoms. The van der Waals surface area contributed by atoms with Crippen LogP contribution in [0.25, 0.3) is 0 Å². The van der Waals surface area contributed by atoms with Gasteiger partial charge in [-0.2, -0.15) is 0 Å². The van der Waals surface area contributed by atoms with Crippen molar-refractivity contribution in [2.45, 2.75) is 25.8 Å². The number of esters is 1. The van der Waals surface area contributed by atoms with E-state index in [1.807, 2.05) is 31.2 Å². The highest BCUT2D eigenvalue weighted by Crippen LogP contribution is 2.24. The topological polar surface area (TPSA) is 64.6 Å². The summed E-state index contributed by atoms with van der Waals surface area (Å²) in [5, 5.41) is 3.07. The Labute approximate surface area is 168 Å². The molecule has 0 bridgehead atoms. The summed E-state index contributed by atoms with van der Waals surface area (Å²) >= 11 is 12.1. The summed E-state index contributed by atoms with van der Waals surface area (Å²) < 4.78 is 10.4. The fourth-order valence-corrected chi connectivity index (χ4v) is 3.03. The van der Waals surface area contributed by atoms with Gasteiger partial charge >= 0.3 is 5.97 Å². The van der Waals surface area contributed by atoms with Crippen LogP contribution >= 0.6 is 23.2 Å². The molecular formula is C20H21Cl2NO4. The number of carbonyl (C=O) groups excluding carboxylic acids is 2. The highest BCUT2D eigenvalue weighted by Gasteiger charge is 2.24. The van der Waals surface area contributed by atoms with Crippen LogP contribution in [0.5, 0.6) is 5.75 Å². The average Bonchev–Trinajstić information content (AvgIpc) is 2.66. The third-order valence-corrected chi connectivity index (χ3v) is 4.45. The van der Waals surface area contributed by atoms with Gasteiger partial charge in [0.05, 0.1) is 29.3 Å². The number of amides is 1. The SMILES string of the molecule is CCCOc1ccc(C[C@H](NC(=O)c2c(Cl)cccc2Cl)C(=O)OC)cc1. The lowest BCUT2D eigenvalue weighted by molar-refractivity contribution is -0.142. The summed E-state index contributed by atoms with van der Waals surface area (Å²) in [5.74, 6) is -0.344. The minimum absolute atomic E-state index is 0.123. The van der Waals surface area contributed by atoms with Crippen molar-refractivity contribution in [3.63, 3.8) is 0 Å². The number of hydrogen-bond acceptors (Lipinski definition) is 4. The van der Waals surface area contributed by atoms with E-state index in [-0.39, 0.29) is 22.0 Å². The van der Waals surface area contributed by atoms with Gasteiger partial charge in [-0.15, -0.1) is 0 Å². The smallest absolute Gasteiger partial charge is 0.328 e. The molecule has 1 N–H and O–H groups in total. The Morgan fingerprint density at radius 1 is 1.07 bits per heavy atom. The number of hydrogen-bond donors (Lipinski definition) is 1. The van der Waals surface area contributed by atoms with Gasteiger partial charge in [-0.05, 0) is 36.2 Å². The maximum absolute atomic E-state index is 12.6. The van der Waals surface area contributed by atoms with Gasteiger partial charge in [0.2, 0.25) is 0 Å². The number of nitrogens with one attached hydrogen (secondary N) is 1. The first-order chi connectivity index (χ1) is 13.0. The van der Waals surface area contributed by atoms with Crippen LogP contribution in [0.15, 0.2) is 42.5 Å². The molecule has 0 radical (unpaired) electrons. The second-order valence-electron chi connectivity index (χ2n) is 5.84. The van der Waals surface area contributed by atoms with Crippen molar-refractivity contribution >= 4 is 35.1 Å². The number of halogens is 2. The summed E-state index contributed by atoms with van der Waals surface area (Å²) in [6.07, 6.45) is 1.18. The molecule has 2 rings (SSSR count). The zero-order valence-corrected chi connectivity index (χ0v) is 16.6. The molecule has 0 aromatic heterocycles. The Morgan fingerprint density at radius 3 is 2.26 bits per heavy atom. The first-order valence-electron chi connectivity index (χ1n) is 8.50. The molecule has 0 heterocycles. The summed E-state index contributed by atoms with van der Waals surface area (Å²) in [5.41, 5.74) is 0.970. The van der Waals surface area contributed by atoms with Gasteiger partial charge in [-0.3, -0.25) is 4.79 Å². The lowest BCUT2D eigenvalue weighted by Gasteiger charge is -2.18. The first kappa shape index (κ1) is 21.1. The van der Waals surface area contributed by atoms with Crippen LogP contribution in [0.4, 0.5) is 0 Å². The van der Waals surface area contributed by atoms with E-state index in [2.05, 4.69) is 5.32 Å². The standard InChI is InChI=1S/C20H21Cl2NO4/c1-3-11-27-14-9-7-13(8-10-14)12-17(20(25)26-2)23-19(24)18-15(21)5-4-6-16(18)22/h4-10,17H,3,11-12H2,1-2H3,(H,23,24)/t17-/m0/s1. The van der Waals surface area contributed by atoms with E-state index in [9.17, 15) is 9.59 Å². The Morgan fingerprint density at radius 2 is 1.70 bits per heavy atom. The van der Waals surface area contributed by atoms with E-state index in [0.29, 0.717) is 6.61 Å². The third kappa shape index (κ3) is 5.88. The van der Waals surface area contributed by atoms with Crippen LogP contribution in [-0.2, 0) is 16.0 Å².